The van der Waals surface area contributed by atoms with Crippen molar-refractivity contribution in [2.45, 2.75) is 71.9 Å². The summed E-state index contributed by atoms with van der Waals surface area (Å²) in [6.45, 7) is 9.23. The van der Waals surface area contributed by atoms with Gasteiger partial charge >= 0.3 is 0 Å². The molecule has 1 fully saturated rings. The van der Waals surface area contributed by atoms with Crippen molar-refractivity contribution in [3.8, 4) is 0 Å². The van der Waals surface area contributed by atoms with E-state index in [1.165, 1.54) is 12.8 Å². The third-order valence-electron chi connectivity index (χ3n) is 4.19. The number of amides is 1. The number of aromatic nitrogens is 2. The van der Waals surface area contributed by atoms with Crippen molar-refractivity contribution in [1.82, 2.24) is 15.1 Å². The second-order valence-electron chi connectivity index (χ2n) is 6.37. The van der Waals surface area contributed by atoms with Crippen molar-refractivity contribution in [3.05, 3.63) is 17.5 Å². The predicted octanol–water partition coefficient (Wildman–Crippen LogP) is 3.33. The zero-order valence-corrected chi connectivity index (χ0v) is 13.1. The van der Waals surface area contributed by atoms with Crippen LogP contribution in [0.2, 0.25) is 0 Å². The molecular weight excluding hydrogens is 250 g/mol. The second kappa shape index (κ2) is 6.42. The maximum Gasteiger partial charge on any atom is 0.269 e. The molecule has 0 spiro atoms. The van der Waals surface area contributed by atoms with Gasteiger partial charge in [-0.15, -0.1) is 0 Å². The third-order valence-corrected chi connectivity index (χ3v) is 4.19. The van der Waals surface area contributed by atoms with E-state index >= 15 is 0 Å². The fourth-order valence-electron chi connectivity index (χ4n) is 2.97. The molecular formula is C16H27N3O. The molecule has 1 aliphatic carbocycles. The lowest BCUT2D eigenvalue weighted by molar-refractivity contribution is 0.0910. The third kappa shape index (κ3) is 3.41. The summed E-state index contributed by atoms with van der Waals surface area (Å²) >= 11 is 0. The van der Waals surface area contributed by atoms with E-state index < -0.39 is 0 Å². The largest absolute Gasteiger partial charge is 0.348 e. The highest BCUT2D eigenvalue weighted by Crippen LogP contribution is 2.24. The zero-order valence-electron chi connectivity index (χ0n) is 13.1. The molecule has 0 bridgehead atoms. The predicted molar refractivity (Wildman–Crippen MR) is 80.9 cm³/mol. The first-order valence-corrected chi connectivity index (χ1v) is 7.89. The molecule has 0 unspecified atom stereocenters. The van der Waals surface area contributed by atoms with Crippen LogP contribution in [-0.4, -0.2) is 21.7 Å². The Morgan fingerprint density at radius 2 is 2.25 bits per heavy atom. The zero-order chi connectivity index (χ0) is 14.7. The van der Waals surface area contributed by atoms with Gasteiger partial charge in [0.2, 0.25) is 0 Å². The van der Waals surface area contributed by atoms with Crippen molar-refractivity contribution >= 4 is 5.91 Å². The molecule has 0 aliphatic heterocycles. The topological polar surface area (TPSA) is 46.9 Å². The SMILES string of the molecule is CCn1nc(C(C)C)cc1C(=O)N[C@H]1CCC[C@@H](C)C1. The van der Waals surface area contributed by atoms with Crippen LogP contribution in [-0.2, 0) is 6.54 Å². The molecule has 2 rings (SSSR count). The Balaban J connectivity index is 2.08. The molecule has 0 aromatic carbocycles. The van der Waals surface area contributed by atoms with Gasteiger partial charge in [0.25, 0.3) is 5.91 Å². The van der Waals surface area contributed by atoms with Crippen molar-refractivity contribution in [3.63, 3.8) is 0 Å². The number of hydrogen-bond donors (Lipinski definition) is 1. The lowest BCUT2D eigenvalue weighted by Gasteiger charge is -2.27. The molecule has 4 heteroatoms. The number of carbonyl (C=O) groups is 1. The molecule has 1 aromatic heterocycles. The molecule has 1 amide bonds. The Morgan fingerprint density at radius 3 is 2.85 bits per heavy atom. The minimum absolute atomic E-state index is 0.0327. The van der Waals surface area contributed by atoms with Gasteiger partial charge in [0.15, 0.2) is 0 Å². The molecule has 1 saturated carbocycles. The molecule has 1 N–H and O–H groups in total. The fourth-order valence-corrected chi connectivity index (χ4v) is 2.97. The number of aryl methyl sites for hydroxylation is 1. The molecule has 1 aromatic rings. The molecule has 2 atom stereocenters. The molecule has 4 nitrogen and oxygen atoms in total. The Hall–Kier alpha value is -1.32. The smallest absolute Gasteiger partial charge is 0.269 e. The molecule has 0 radical (unpaired) electrons. The summed E-state index contributed by atoms with van der Waals surface area (Å²) in [5.41, 5.74) is 1.70. The van der Waals surface area contributed by atoms with E-state index in [0.717, 1.165) is 31.0 Å². The van der Waals surface area contributed by atoms with Gasteiger partial charge < -0.3 is 5.32 Å². The summed E-state index contributed by atoms with van der Waals surface area (Å²) in [4.78, 5) is 12.5. The van der Waals surface area contributed by atoms with Gasteiger partial charge in [-0.25, -0.2) is 0 Å². The second-order valence-corrected chi connectivity index (χ2v) is 6.37. The van der Waals surface area contributed by atoms with E-state index in [4.69, 9.17) is 0 Å². The number of hydrogen-bond acceptors (Lipinski definition) is 2. The van der Waals surface area contributed by atoms with Crippen LogP contribution in [0.25, 0.3) is 0 Å². The van der Waals surface area contributed by atoms with Gasteiger partial charge in [-0.1, -0.05) is 33.6 Å². The van der Waals surface area contributed by atoms with Crippen molar-refractivity contribution in [2.75, 3.05) is 0 Å². The van der Waals surface area contributed by atoms with Crippen LogP contribution in [0.15, 0.2) is 6.07 Å². The maximum atomic E-state index is 12.5. The van der Waals surface area contributed by atoms with E-state index in [-0.39, 0.29) is 5.91 Å². The normalized spacial score (nSPS) is 23.1. The first-order chi connectivity index (χ1) is 9.51. The van der Waals surface area contributed by atoms with Gasteiger partial charge in [-0.3, -0.25) is 9.48 Å². The average Bonchev–Trinajstić information content (AvgIpc) is 2.83. The quantitative estimate of drug-likeness (QED) is 0.917. The molecule has 0 saturated heterocycles. The van der Waals surface area contributed by atoms with Crippen LogP contribution < -0.4 is 5.32 Å². The first kappa shape index (κ1) is 15.1. The summed E-state index contributed by atoms with van der Waals surface area (Å²) in [6, 6.07) is 2.27. The number of carbonyl (C=O) groups excluding carboxylic acids is 1. The summed E-state index contributed by atoms with van der Waals surface area (Å²) in [5.74, 6) is 1.10. The molecule has 1 heterocycles. The van der Waals surface area contributed by atoms with E-state index in [9.17, 15) is 4.79 Å². The average molecular weight is 277 g/mol. The highest BCUT2D eigenvalue weighted by Gasteiger charge is 2.23. The minimum atomic E-state index is 0.0327. The van der Waals surface area contributed by atoms with E-state index in [0.29, 0.717) is 17.7 Å². The minimum Gasteiger partial charge on any atom is -0.348 e. The Bertz CT molecular complexity index is 464. The van der Waals surface area contributed by atoms with Crippen molar-refractivity contribution in [1.29, 1.82) is 0 Å². The van der Waals surface area contributed by atoms with Gasteiger partial charge in [-0.05, 0) is 37.7 Å². The maximum absolute atomic E-state index is 12.5. The Kier molecular flexibility index (Phi) is 4.84. The lowest BCUT2D eigenvalue weighted by Crippen LogP contribution is -2.38. The summed E-state index contributed by atoms with van der Waals surface area (Å²) in [7, 11) is 0. The molecule has 112 valence electrons. The van der Waals surface area contributed by atoms with Crippen LogP contribution in [0.1, 0.15) is 75.5 Å². The highest BCUT2D eigenvalue weighted by molar-refractivity contribution is 5.92. The summed E-state index contributed by atoms with van der Waals surface area (Å²) in [6.07, 6.45) is 4.71. The lowest BCUT2D eigenvalue weighted by atomic mass is 9.87. The van der Waals surface area contributed by atoms with Crippen molar-refractivity contribution in [2.24, 2.45) is 5.92 Å². The van der Waals surface area contributed by atoms with Crippen LogP contribution in [0.4, 0.5) is 0 Å². The Morgan fingerprint density at radius 1 is 1.50 bits per heavy atom. The van der Waals surface area contributed by atoms with Gasteiger partial charge in [0, 0.05) is 12.6 Å². The van der Waals surface area contributed by atoms with Crippen LogP contribution >= 0.6 is 0 Å². The fraction of sp³-hybridized carbons (Fsp3) is 0.750. The van der Waals surface area contributed by atoms with Gasteiger partial charge in [-0.2, -0.15) is 5.10 Å². The Labute approximate surface area is 121 Å². The number of nitrogens with zero attached hydrogens (tertiary/aromatic N) is 2. The number of nitrogens with one attached hydrogen (secondary N) is 1. The monoisotopic (exact) mass is 277 g/mol. The molecule has 20 heavy (non-hydrogen) atoms. The van der Waals surface area contributed by atoms with Crippen LogP contribution in [0.3, 0.4) is 0 Å². The summed E-state index contributed by atoms with van der Waals surface area (Å²) in [5, 5.41) is 7.71. The standard InChI is InChI=1S/C16H27N3O/c1-5-19-15(10-14(18-19)11(2)3)16(20)17-13-8-6-7-12(4)9-13/h10-13H,5-9H2,1-4H3,(H,17,20)/t12-,13+/m1/s1. The van der Waals surface area contributed by atoms with E-state index in [1.807, 2.05) is 17.7 Å². The van der Waals surface area contributed by atoms with Gasteiger partial charge in [0.1, 0.15) is 5.69 Å². The van der Waals surface area contributed by atoms with E-state index in [2.05, 4.69) is 31.2 Å². The van der Waals surface area contributed by atoms with Crippen molar-refractivity contribution < 1.29 is 4.79 Å². The van der Waals surface area contributed by atoms with Crippen LogP contribution in [0.5, 0.6) is 0 Å². The summed E-state index contributed by atoms with van der Waals surface area (Å²) < 4.78 is 1.82. The van der Waals surface area contributed by atoms with Gasteiger partial charge in [0.05, 0.1) is 5.69 Å². The first-order valence-electron chi connectivity index (χ1n) is 7.89. The van der Waals surface area contributed by atoms with Crippen LogP contribution in [0, 0.1) is 5.92 Å². The highest BCUT2D eigenvalue weighted by atomic mass is 16.2. The number of rotatable bonds is 4. The van der Waals surface area contributed by atoms with E-state index in [1.54, 1.807) is 0 Å². The molecule has 1 aliphatic rings.